The van der Waals surface area contributed by atoms with Crippen molar-refractivity contribution >= 4 is 21.8 Å². The van der Waals surface area contributed by atoms with E-state index in [0.29, 0.717) is 0 Å². The second kappa shape index (κ2) is 10.2. The summed E-state index contributed by atoms with van der Waals surface area (Å²) in [6, 6.07) is 63.5. The average molecular weight is 636 g/mol. The van der Waals surface area contributed by atoms with Crippen LogP contribution in [0.1, 0.15) is 22.3 Å². The monoisotopic (exact) mass is 635 g/mol. The summed E-state index contributed by atoms with van der Waals surface area (Å²) >= 11 is 0. The largest absolute Gasteiger partial charge is 0.309 e. The van der Waals surface area contributed by atoms with Crippen LogP contribution in [0.2, 0.25) is 0 Å². The molecule has 3 nitrogen and oxygen atoms in total. The molecule has 1 unspecified atom stereocenters. The summed E-state index contributed by atoms with van der Waals surface area (Å²) in [6.45, 7) is 0. The van der Waals surface area contributed by atoms with Gasteiger partial charge in [0.1, 0.15) is 0 Å². The number of rotatable bonds is 3. The van der Waals surface area contributed by atoms with E-state index in [1.54, 1.807) is 0 Å². The molecule has 0 radical (unpaired) electrons. The van der Waals surface area contributed by atoms with Crippen molar-refractivity contribution in [1.29, 1.82) is 0 Å². The Balaban J connectivity index is 1.24. The third-order valence-corrected chi connectivity index (χ3v) is 10.8. The Morgan fingerprint density at radius 3 is 1.78 bits per heavy atom. The average Bonchev–Trinajstić information content (AvgIpc) is 3.69. The molecule has 50 heavy (non-hydrogen) atoms. The maximum atomic E-state index is 5.24. The van der Waals surface area contributed by atoms with E-state index >= 15 is 0 Å². The minimum atomic E-state index is -0.526. The molecular weight excluding hydrogens is 607 g/mol. The molecule has 0 N–H and O–H groups in total. The Hall–Kier alpha value is -6.58. The molecule has 11 rings (SSSR count). The number of hydrogen-bond donors (Lipinski definition) is 0. The van der Waals surface area contributed by atoms with E-state index in [1.807, 2.05) is 12.1 Å². The van der Waals surface area contributed by atoms with E-state index < -0.39 is 5.41 Å². The van der Waals surface area contributed by atoms with Crippen LogP contribution < -0.4 is 0 Å². The Bertz CT molecular complexity index is 2760. The van der Waals surface area contributed by atoms with E-state index in [4.69, 9.17) is 9.97 Å². The first-order valence-electron chi connectivity index (χ1n) is 17.2. The van der Waals surface area contributed by atoms with Crippen LogP contribution in [0.5, 0.6) is 0 Å². The summed E-state index contributed by atoms with van der Waals surface area (Å²) in [5, 5.41) is 2.55. The van der Waals surface area contributed by atoms with Gasteiger partial charge in [-0.05, 0) is 57.6 Å². The summed E-state index contributed by atoms with van der Waals surface area (Å²) in [5.74, 6) is 0.718. The van der Waals surface area contributed by atoms with Gasteiger partial charge in [-0.15, -0.1) is 0 Å². The molecule has 2 aromatic heterocycles. The van der Waals surface area contributed by atoms with Gasteiger partial charge >= 0.3 is 0 Å². The SMILES string of the molecule is c1ccc(-c2cc(-c3ccccc3)nc(-c3ccc4c(c3)C3(c5ccccc5-4)c4ccccc4-n4c5ccccc5c5cccc3c54)n2)cc1. The second-order valence-corrected chi connectivity index (χ2v) is 13.3. The summed E-state index contributed by atoms with van der Waals surface area (Å²) in [5.41, 5.74) is 15.8. The van der Waals surface area contributed by atoms with Gasteiger partial charge in [0.05, 0.1) is 33.5 Å². The number of hydrogen-bond acceptors (Lipinski definition) is 2. The zero-order valence-electron chi connectivity index (χ0n) is 27.1. The first kappa shape index (κ1) is 27.4. The highest BCUT2D eigenvalue weighted by molar-refractivity contribution is 6.12. The fraction of sp³-hybridized carbons (Fsp3) is 0.0213. The lowest BCUT2D eigenvalue weighted by atomic mass is 9.65. The van der Waals surface area contributed by atoms with Gasteiger partial charge in [-0.3, -0.25) is 0 Å². The predicted molar refractivity (Wildman–Crippen MR) is 204 cm³/mol. The van der Waals surface area contributed by atoms with E-state index in [0.717, 1.165) is 33.9 Å². The minimum absolute atomic E-state index is 0.526. The fourth-order valence-corrected chi connectivity index (χ4v) is 8.79. The number of nitrogens with zero attached hydrogens (tertiary/aromatic N) is 3. The van der Waals surface area contributed by atoms with Gasteiger partial charge < -0.3 is 4.57 Å². The Morgan fingerprint density at radius 2 is 1.00 bits per heavy atom. The molecule has 0 saturated heterocycles. The lowest BCUT2D eigenvalue weighted by molar-refractivity contribution is 0.748. The highest BCUT2D eigenvalue weighted by atomic mass is 15.0. The van der Waals surface area contributed by atoms with Gasteiger partial charge in [0.2, 0.25) is 0 Å². The minimum Gasteiger partial charge on any atom is -0.309 e. The Kier molecular flexibility index (Phi) is 5.59. The van der Waals surface area contributed by atoms with Crippen LogP contribution in [0.4, 0.5) is 0 Å². The van der Waals surface area contributed by atoms with Gasteiger partial charge in [0, 0.05) is 27.5 Å². The van der Waals surface area contributed by atoms with Crippen LogP contribution in [-0.2, 0) is 5.41 Å². The van der Waals surface area contributed by atoms with Crippen molar-refractivity contribution in [2.45, 2.75) is 5.41 Å². The fourth-order valence-electron chi connectivity index (χ4n) is 8.79. The molecule has 0 fully saturated rings. The molecular formula is C47H29N3. The standard InChI is InChI=1S/C47H29N3/c1-3-14-30(15-4-1)41-29-42(31-16-5-2-6-17-31)49-46(48-41)32-26-27-34-33-18-7-9-21-37(33)47(40(34)28-32)38-22-10-12-25-44(38)50-43-24-11-8-19-35(43)36-20-13-23-39(47)45(36)50/h1-29H. The van der Waals surface area contributed by atoms with E-state index in [2.05, 4.69) is 168 Å². The molecule has 7 aromatic carbocycles. The van der Waals surface area contributed by atoms with Crippen molar-refractivity contribution in [2.24, 2.45) is 0 Å². The van der Waals surface area contributed by atoms with Gasteiger partial charge in [-0.2, -0.15) is 0 Å². The van der Waals surface area contributed by atoms with Gasteiger partial charge in [0.15, 0.2) is 5.82 Å². The molecule has 1 spiro atoms. The molecule has 232 valence electrons. The van der Waals surface area contributed by atoms with Crippen LogP contribution in [0.3, 0.4) is 0 Å². The first-order chi connectivity index (χ1) is 24.8. The van der Waals surface area contributed by atoms with Gasteiger partial charge in [0.25, 0.3) is 0 Å². The molecule has 0 saturated carbocycles. The molecule has 2 aliphatic rings. The van der Waals surface area contributed by atoms with Gasteiger partial charge in [-0.1, -0.05) is 152 Å². The van der Waals surface area contributed by atoms with Crippen molar-refractivity contribution in [3.8, 4) is 50.7 Å². The van der Waals surface area contributed by atoms with Crippen LogP contribution in [0, 0.1) is 0 Å². The second-order valence-electron chi connectivity index (χ2n) is 13.3. The summed E-state index contributed by atoms with van der Waals surface area (Å²) in [6.07, 6.45) is 0. The first-order valence-corrected chi connectivity index (χ1v) is 17.2. The topological polar surface area (TPSA) is 30.7 Å². The van der Waals surface area contributed by atoms with Crippen LogP contribution in [0.25, 0.3) is 72.5 Å². The summed E-state index contributed by atoms with van der Waals surface area (Å²) < 4.78 is 2.49. The van der Waals surface area contributed by atoms with Crippen molar-refractivity contribution in [1.82, 2.24) is 14.5 Å². The summed E-state index contributed by atoms with van der Waals surface area (Å²) in [7, 11) is 0. The molecule has 0 bridgehead atoms. The maximum absolute atomic E-state index is 5.24. The molecule has 9 aromatic rings. The maximum Gasteiger partial charge on any atom is 0.160 e. The van der Waals surface area contributed by atoms with Crippen LogP contribution >= 0.6 is 0 Å². The van der Waals surface area contributed by atoms with Gasteiger partial charge in [-0.25, -0.2) is 9.97 Å². The van der Waals surface area contributed by atoms with Crippen LogP contribution in [-0.4, -0.2) is 14.5 Å². The zero-order valence-corrected chi connectivity index (χ0v) is 27.1. The zero-order chi connectivity index (χ0) is 32.8. The molecule has 0 amide bonds. The highest BCUT2D eigenvalue weighted by Crippen LogP contribution is 2.61. The lowest BCUT2D eigenvalue weighted by Gasteiger charge is -2.39. The van der Waals surface area contributed by atoms with Crippen molar-refractivity contribution < 1.29 is 0 Å². The molecule has 1 aliphatic carbocycles. The number of para-hydroxylation sites is 3. The quantitative estimate of drug-likeness (QED) is 0.193. The highest BCUT2D eigenvalue weighted by Gasteiger charge is 2.50. The molecule has 1 aliphatic heterocycles. The molecule has 3 heteroatoms. The normalized spacial score (nSPS) is 15.3. The predicted octanol–water partition coefficient (Wildman–Crippen LogP) is 11.3. The lowest BCUT2D eigenvalue weighted by Crippen LogP contribution is -2.33. The number of benzene rings is 7. The van der Waals surface area contributed by atoms with Crippen molar-refractivity contribution in [3.63, 3.8) is 0 Å². The third kappa shape index (κ3) is 3.58. The molecule has 1 atom stereocenters. The third-order valence-electron chi connectivity index (χ3n) is 10.8. The van der Waals surface area contributed by atoms with E-state index in [1.165, 1.54) is 60.9 Å². The Morgan fingerprint density at radius 1 is 0.400 bits per heavy atom. The number of fused-ring (bicyclic) bond motifs is 12. The number of aromatic nitrogens is 3. The van der Waals surface area contributed by atoms with E-state index in [-0.39, 0.29) is 0 Å². The molecule has 3 heterocycles. The summed E-state index contributed by atoms with van der Waals surface area (Å²) in [4.78, 5) is 10.5. The van der Waals surface area contributed by atoms with E-state index in [9.17, 15) is 0 Å². The van der Waals surface area contributed by atoms with Crippen LogP contribution in [0.15, 0.2) is 176 Å². The van der Waals surface area contributed by atoms with Crippen molar-refractivity contribution in [2.75, 3.05) is 0 Å². The Labute approximate surface area is 289 Å². The smallest absolute Gasteiger partial charge is 0.160 e. The van der Waals surface area contributed by atoms with Crippen molar-refractivity contribution in [3.05, 3.63) is 198 Å².